The summed E-state index contributed by atoms with van der Waals surface area (Å²) in [7, 11) is 0. The predicted octanol–water partition coefficient (Wildman–Crippen LogP) is 7.01. The second-order valence-electron chi connectivity index (χ2n) is 6.98. The Labute approximate surface area is 155 Å². The summed E-state index contributed by atoms with van der Waals surface area (Å²) in [6.45, 7) is 2.09. The SMILES string of the molecule is CC[C@@H]1CCc2c(ccc3ccc(F)cc23)[C@H]1c1cc(F)c(Cl)c(F)c1. The molecule has 0 heterocycles. The minimum Gasteiger partial charge on any atom is -0.207 e. The number of hydrogen-bond acceptors (Lipinski definition) is 0. The maximum atomic E-state index is 14.1. The van der Waals surface area contributed by atoms with E-state index in [2.05, 4.69) is 6.92 Å². The molecule has 4 rings (SSSR count). The predicted molar refractivity (Wildman–Crippen MR) is 99.2 cm³/mol. The standard InChI is InChI=1S/C22H18ClF3/c1-2-12-4-7-16-17(8-5-13-3-6-15(24)11-18(13)16)21(12)14-9-19(25)22(23)20(26)10-14/h3,5-6,8-12,21H,2,4,7H2,1H3/t12-,21-/m1/s1. The number of rotatable bonds is 2. The molecule has 1 aliphatic carbocycles. The van der Waals surface area contributed by atoms with E-state index in [0.29, 0.717) is 5.56 Å². The molecule has 0 bridgehead atoms. The van der Waals surface area contributed by atoms with Crippen LogP contribution in [0.2, 0.25) is 5.02 Å². The second kappa shape index (κ2) is 6.62. The van der Waals surface area contributed by atoms with Crippen molar-refractivity contribution in [1.82, 2.24) is 0 Å². The molecule has 0 N–H and O–H groups in total. The van der Waals surface area contributed by atoms with E-state index in [0.717, 1.165) is 41.2 Å². The Morgan fingerprint density at radius 3 is 2.38 bits per heavy atom. The Kier molecular flexibility index (Phi) is 4.44. The van der Waals surface area contributed by atoms with Crippen molar-refractivity contribution in [2.75, 3.05) is 0 Å². The third-order valence-electron chi connectivity index (χ3n) is 5.59. The van der Waals surface area contributed by atoms with Gasteiger partial charge in [-0.15, -0.1) is 0 Å². The molecule has 0 aromatic heterocycles. The summed E-state index contributed by atoms with van der Waals surface area (Å²) < 4.78 is 42.0. The van der Waals surface area contributed by atoms with E-state index in [1.807, 2.05) is 12.1 Å². The van der Waals surface area contributed by atoms with Gasteiger partial charge >= 0.3 is 0 Å². The Morgan fingerprint density at radius 1 is 1.00 bits per heavy atom. The van der Waals surface area contributed by atoms with Crippen LogP contribution in [0.5, 0.6) is 0 Å². The van der Waals surface area contributed by atoms with Crippen LogP contribution in [0.1, 0.15) is 42.4 Å². The van der Waals surface area contributed by atoms with E-state index in [4.69, 9.17) is 11.6 Å². The molecule has 3 aromatic carbocycles. The first-order valence-electron chi connectivity index (χ1n) is 8.85. The van der Waals surface area contributed by atoms with Crippen LogP contribution in [-0.2, 0) is 6.42 Å². The molecule has 2 atom stereocenters. The first-order chi connectivity index (χ1) is 12.5. The monoisotopic (exact) mass is 374 g/mol. The largest absolute Gasteiger partial charge is 0.207 e. The van der Waals surface area contributed by atoms with Crippen molar-refractivity contribution >= 4 is 22.4 Å². The van der Waals surface area contributed by atoms with Gasteiger partial charge in [-0.1, -0.05) is 43.1 Å². The number of benzene rings is 3. The van der Waals surface area contributed by atoms with Gasteiger partial charge in [0.25, 0.3) is 0 Å². The molecule has 1 aliphatic rings. The van der Waals surface area contributed by atoms with Crippen molar-refractivity contribution in [3.05, 3.63) is 81.6 Å². The average molecular weight is 375 g/mol. The maximum absolute atomic E-state index is 14.1. The van der Waals surface area contributed by atoms with Crippen molar-refractivity contribution in [1.29, 1.82) is 0 Å². The molecule has 0 unspecified atom stereocenters. The molecular formula is C22H18ClF3. The van der Waals surface area contributed by atoms with Crippen LogP contribution in [0.3, 0.4) is 0 Å². The van der Waals surface area contributed by atoms with E-state index in [-0.39, 0.29) is 17.7 Å². The number of hydrogen-bond donors (Lipinski definition) is 0. The van der Waals surface area contributed by atoms with Crippen LogP contribution in [0.4, 0.5) is 13.2 Å². The molecule has 0 aliphatic heterocycles. The molecular weight excluding hydrogens is 357 g/mol. The van der Waals surface area contributed by atoms with Crippen molar-refractivity contribution in [2.24, 2.45) is 5.92 Å². The minimum absolute atomic E-state index is 0.127. The first-order valence-corrected chi connectivity index (χ1v) is 9.23. The van der Waals surface area contributed by atoms with Gasteiger partial charge in [-0.3, -0.25) is 0 Å². The smallest absolute Gasteiger partial charge is 0.145 e. The Morgan fingerprint density at radius 2 is 1.69 bits per heavy atom. The van der Waals surface area contributed by atoms with Crippen LogP contribution in [-0.4, -0.2) is 0 Å². The van der Waals surface area contributed by atoms with Gasteiger partial charge in [0.2, 0.25) is 0 Å². The fraction of sp³-hybridized carbons (Fsp3) is 0.273. The maximum Gasteiger partial charge on any atom is 0.145 e. The van der Waals surface area contributed by atoms with Gasteiger partial charge in [0, 0.05) is 5.92 Å². The number of fused-ring (bicyclic) bond motifs is 3. The fourth-order valence-corrected chi connectivity index (χ4v) is 4.45. The van der Waals surface area contributed by atoms with Crippen molar-refractivity contribution in [2.45, 2.75) is 32.1 Å². The molecule has 134 valence electrons. The highest BCUT2D eigenvalue weighted by atomic mass is 35.5. The van der Waals surface area contributed by atoms with Crippen molar-refractivity contribution in [3.63, 3.8) is 0 Å². The lowest BCUT2D eigenvalue weighted by Crippen LogP contribution is -2.22. The molecule has 0 saturated heterocycles. The quantitative estimate of drug-likeness (QED) is 0.423. The topological polar surface area (TPSA) is 0 Å². The fourth-order valence-electron chi connectivity index (χ4n) is 4.34. The molecule has 0 spiro atoms. The summed E-state index contributed by atoms with van der Waals surface area (Å²) >= 11 is 5.66. The zero-order valence-corrected chi connectivity index (χ0v) is 15.1. The summed E-state index contributed by atoms with van der Waals surface area (Å²) in [5, 5.41) is 1.39. The number of aryl methyl sites for hydroxylation is 1. The summed E-state index contributed by atoms with van der Waals surface area (Å²) in [5.74, 6) is -1.61. The van der Waals surface area contributed by atoms with Gasteiger partial charge in [0.1, 0.15) is 22.5 Å². The van der Waals surface area contributed by atoms with Gasteiger partial charge in [-0.25, -0.2) is 13.2 Å². The Bertz CT molecular complexity index is 973. The van der Waals surface area contributed by atoms with E-state index in [9.17, 15) is 13.2 Å². The number of halogens is 4. The third-order valence-corrected chi connectivity index (χ3v) is 5.95. The van der Waals surface area contributed by atoms with Gasteiger partial charge in [0.05, 0.1) is 0 Å². The van der Waals surface area contributed by atoms with Gasteiger partial charge < -0.3 is 0 Å². The lowest BCUT2D eigenvalue weighted by atomic mass is 9.70. The molecule has 26 heavy (non-hydrogen) atoms. The molecule has 0 amide bonds. The first kappa shape index (κ1) is 17.4. The minimum atomic E-state index is -0.740. The zero-order chi connectivity index (χ0) is 18.4. The summed E-state index contributed by atoms with van der Waals surface area (Å²) in [6, 6.07) is 11.4. The molecule has 0 saturated carbocycles. The Balaban J connectivity index is 1.95. The molecule has 0 nitrogen and oxygen atoms in total. The van der Waals surface area contributed by atoms with E-state index in [1.165, 1.54) is 18.2 Å². The van der Waals surface area contributed by atoms with Gasteiger partial charge in [-0.2, -0.15) is 0 Å². The highest BCUT2D eigenvalue weighted by Gasteiger charge is 2.31. The van der Waals surface area contributed by atoms with E-state index >= 15 is 0 Å². The highest BCUT2D eigenvalue weighted by Crippen LogP contribution is 2.45. The van der Waals surface area contributed by atoms with Crippen LogP contribution in [0.25, 0.3) is 10.8 Å². The summed E-state index contributed by atoms with van der Waals surface area (Å²) in [5.41, 5.74) is 2.70. The molecule has 3 aromatic rings. The average Bonchev–Trinajstić information content (AvgIpc) is 2.64. The van der Waals surface area contributed by atoms with Crippen molar-refractivity contribution < 1.29 is 13.2 Å². The zero-order valence-electron chi connectivity index (χ0n) is 14.3. The molecule has 0 fully saturated rings. The van der Waals surface area contributed by atoms with Crippen LogP contribution in [0, 0.1) is 23.4 Å². The third kappa shape index (κ3) is 2.79. The second-order valence-corrected chi connectivity index (χ2v) is 7.36. The van der Waals surface area contributed by atoms with Crippen molar-refractivity contribution in [3.8, 4) is 0 Å². The van der Waals surface area contributed by atoms with Crippen LogP contribution in [0.15, 0.2) is 42.5 Å². The lowest BCUT2D eigenvalue weighted by molar-refractivity contribution is 0.396. The molecule has 0 radical (unpaired) electrons. The summed E-state index contributed by atoms with van der Waals surface area (Å²) in [4.78, 5) is 0. The lowest BCUT2D eigenvalue weighted by Gasteiger charge is -2.34. The van der Waals surface area contributed by atoms with Gasteiger partial charge in [-0.05, 0) is 70.5 Å². The van der Waals surface area contributed by atoms with Crippen LogP contribution >= 0.6 is 11.6 Å². The van der Waals surface area contributed by atoms with Crippen LogP contribution < -0.4 is 0 Å². The normalized spacial score (nSPS) is 19.6. The van der Waals surface area contributed by atoms with E-state index in [1.54, 1.807) is 12.1 Å². The van der Waals surface area contributed by atoms with E-state index < -0.39 is 16.7 Å². The van der Waals surface area contributed by atoms with Gasteiger partial charge in [0.15, 0.2) is 0 Å². The highest BCUT2D eigenvalue weighted by molar-refractivity contribution is 6.30. The Hall–Kier alpha value is -2.00. The molecule has 4 heteroatoms. The summed E-state index contributed by atoms with van der Waals surface area (Å²) in [6.07, 6.45) is 2.64.